The first kappa shape index (κ1) is 18.9. The number of hydrogen-bond acceptors (Lipinski definition) is 3. The van der Waals surface area contributed by atoms with Gasteiger partial charge in [0.2, 0.25) is 0 Å². The quantitative estimate of drug-likeness (QED) is 0.696. The van der Waals surface area contributed by atoms with Gasteiger partial charge in [-0.3, -0.25) is 4.57 Å². The molecule has 0 amide bonds. The molecule has 0 aromatic carbocycles. The molecule has 0 aliphatic carbocycles. The van der Waals surface area contributed by atoms with Gasteiger partial charge in [0.15, 0.2) is 0 Å². The summed E-state index contributed by atoms with van der Waals surface area (Å²) in [6.45, 7) is 2.26. The lowest BCUT2D eigenvalue weighted by Crippen LogP contribution is -2.46. The summed E-state index contributed by atoms with van der Waals surface area (Å²) in [6.07, 6.45) is 0.0522. The molecule has 0 aliphatic rings. The van der Waals surface area contributed by atoms with Gasteiger partial charge in [0.25, 0.3) is 0 Å². The van der Waals surface area contributed by atoms with Crippen LogP contribution in [0.5, 0.6) is 0 Å². The van der Waals surface area contributed by atoms with Crippen molar-refractivity contribution in [1.29, 1.82) is 0 Å². The highest BCUT2D eigenvalue weighted by atomic mass is 32.2. The fourth-order valence-electron chi connectivity index (χ4n) is 1.49. The van der Waals surface area contributed by atoms with Crippen molar-refractivity contribution in [2.45, 2.75) is 44.4 Å². The van der Waals surface area contributed by atoms with Crippen molar-refractivity contribution in [2.75, 3.05) is 6.54 Å². The summed E-state index contributed by atoms with van der Waals surface area (Å²) >= 11 is 0. The molecule has 11 heteroatoms. The predicted molar refractivity (Wildman–Crippen MR) is 62.7 cm³/mol. The van der Waals surface area contributed by atoms with Crippen LogP contribution in [-0.2, 0) is 14.6 Å². The second-order valence-corrected chi connectivity index (χ2v) is 7.55. The Morgan fingerprint density at radius 2 is 1.74 bits per heavy atom. The predicted octanol–water partition coefficient (Wildman–Crippen LogP) is 1.85. The second-order valence-electron chi connectivity index (χ2n) is 3.89. The summed E-state index contributed by atoms with van der Waals surface area (Å²) in [6, 6.07) is 0. The lowest BCUT2D eigenvalue weighted by molar-refractivity contribution is -0.0495. The molecular formula is C8H17F3NO5PS. The zero-order chi connectivity index (χ0) is 15.5. The molecule has 0 heterocycles. The maximum Gasteiger partial charge on any atom is 0.511 e. The van der Waals surface area contributed by atoms with Gasteiger partial charge < -0.3 is 9.79 Å². The van der Waals surface area contributed by atoms with Crippen LogP contribution in [0.25, 0.3) is 0 Å². The SMILES string of the molecule is CCCCN(C(CC)P(=O)(O)O)S(=O)(=O)C(F)(F)F. The summed E-state index contributed by atoms with van der Waals surface area (Å²) in [7, 11) is -10.8. The second kappa shape index (κ2) is 6.53. The van der Waals surface area contributed by atoms with Crippen molar-refractivity contribution >= 4 is 17.6 Å². The van der Waals surface area contributed by atoms with Gasteiger partial charge in [0, 0.05) is 6.54 Å². The van der Waals surface area contributed by atoms with Crippen LogP contribution in [0.1, 0.15) is 33.1 Å². The Kier molecular flexibility index (Phi) is 6.48. The smallest absolute Gasteiger partial charge is 0.323 e. The number of alkyl halides is 3. The van der Waals surface area contributed by atoms with E-state index in [4.69, 9.17) is 9.79 Å². The summed E-state index contributed by atoms with van der Waals surface area (Å²) in [5.41, 5.74) is -5.58. The first-order valence-electron chi connectivity index (χ1n) is 5.52. The average molecular weight is 327 g/mol. The standard InChI is InChI=1S/C8H17F3NO5PS/c1-3-5-6-12(7(4-2)18(13,14)15)19(16,17)8(9,10)11/h7H,3-6H2,1-2H3,(H2,13,14,15). The van der Waals surface area contributed by atoms with Crippen LogP contribution >= 0.6 is 7.60 Å². The van der Waals surface area contributed by atoms with E-state index in [0.717, 1.165) is 0 Å². The fourth-order valence-corrected chi connectivity index (χ4v) is 4.26. The lowest BCUT2D eigenvalue weighted by Gasteiger charge is -2.30. The molecule has 0 bridgehead atoms. The van der Waals surface area contributed by atoms with E-state index < -0.39 is 41.9 Å². The van der Waals surface area contributed by atoms with Crippen LogP contribution in [0.15, 0.2) is 0 Å². The van der Waals surface area contributed by atoms with Gasteiger partial charge in [0.05, 0.1) is 0 Å². The van der Waals surface area contributed by atoms with Gasteiger partial charge in [0.1, 0.15) is 5.78 Å². The third-order valence-electron chi connectivity index (χ3n) is 2.42. The Morgan fingerprint density at radius 3 is 2.00 bits per heavy atom. The van der Waals surface area contributed by atoms with E-state index in [1.165, 1.54) is 6.92 Å². The minimum Gasteiger partial charge on any atom is -0.323 e. The monoisotopic (exact) mass is 327 g/mol. The van der Waals surface area contributed by atoms with E-state index in [0.29, 0.717) is 6.42 Å². The summed E-state index contributed by atoms with van der Waals surface area (Å²) in [5, 5.41) is 0. The van der Waals surface area contributed by atoms with Gasteiger partial charge >= 0.3 is 23.1 Å². The maximum absolute atomic E-state index is 12.5. The van der Waals surface area contributed by atoms with Gasteiger partial charge in [-0.05, 0) is 12.8 Å². The minimum absolute atomic E-state index is 0.0752. The van der Waals surface area contributed by atoms with E-state index in [2.05, 4.69) is 0 Å². The molecule has 2 N–H and O–H groups in total. The van der Waals surface area contributed by atoms with Crippen LogP contribution in [-0.4, -0.2) is 40.3 Å². The lowest BCUT2D eigenvalue weighted by atomic mass is 10.3. The van der Waals surface area contributed by atoms with Gasteiger partial charge in [-0.2, -0.15) is 17.5 Å². The number of halogens is 3. The molecule has 0 saturated heterocycles. The molecule has 1 atom stereocenters. The van der Waals surface area contributed by atoms with Crippen molar-refractivity contribution in [3.05, 3.63) is 0 Å². The molecule has 0 aliphatic heterocycles. The topological polar surface area (TPSA) is 94.9 Å². The molecule has 0 spiro atoms. The Labute approximate surface area is 109 Å². The molecular weight excluding hydrogens is 310 g/mol. The number of sulfonamides is 1. The summed E-state index contributed by atoms with van der Waals surface area (Å²) < 4.78 is 71.3. The third-order valence-corrected chi connectivity index (χ3v) is 5.64. The molecule has 0 saturated carbocycles. The third kappa shape index (κ3) is 4.71. The Hall–Kier alpha value is -0.150. The van der Waals surface area contributed by atoms with Crippen LogP contribution < -0.4 is 0 Å². The van der Waals surface area contributed by atoms with Crippen molar-refractivity contribution in [3.8, 4) is 0 Å². The fraction of sp³-hybridized carbons (Fsp3) is 1.00. The highest BCUT2D eigenvalue weighted by molar-refractivity contribution is 7.90. The van der Waals surface area contributed by atoms with Crippen LogP contribution in [0.2, 0.25) is 0 Å². The zero-order valence-electron chi connectivity index (χ0n) is 10.5. The first-order chi connectivity index (χ1) is 8.39. The number of nitrogens with zero attached hydrogens (tertiary/aromatic N) is 1. The molecule has 19 heavy (non-hydrogen) atoms. The number of hydrogen-bond donors (Lipinski definition) is 2. The van der Waals surface area contributed by atoms with E-state index in [1.54, 1.807) is 6.92 Å². The number of unbranched alkanes of at least 4 members (excludes halogenated alkanes) is 1. The molecule has 0 radical (unpaired) electrons. The highest BCUT2D eigenvalue weighted by Gasteiger charge is 2.54. The first-order valence-corrected chi connectivity index (χ1v) is 8.65. The van der Waals surface area contributed by atoms with Gasteiger partial charge in [-0.15, -0.1) is 0 Å². The van der Waals surface area contributed by atoms with E-state index >= 15 is 0 Å². The average Bonchev–Trinajstić information content (AvgIpc) is 2.20. The maximum atomic E-state index is 12.5. The van der Waals surface area contributed by atoms with Crippen molar-refractivity contribution in [2.24, 2.45) is 0 Å². The van der Waals surface area contributed by atoms with Crippen LogP contribution in [0, 0.1) is 0 Å². The molecule has 1 unspecified atom stereocenters. The molecule has 0 aromatic heterocycles. The minimum atomic E-state index is -5.76. The molecule has 6 nitrogen and oxygen atoms in total. The van der Waals surface area contributed by atoms with Gasteiger partial charge in [-0.25, -0.2) is 8.42 Å². The summed E-state index contributed by atoms with van der Waals surface area (Å²) in [5.74, 6) is -1.99. The van der Waals surface area contributed by atoms with Crippen molar-refractivity contribution in [3.63, 3.8) is 0 Å². The zero-order valence-corrected chi connectivity index (χ0v) is 12.2. The largest absolute Gasteiger partial charge is 0.511 e. The Bertz CT molecular complexity index is 432. The molecule has 0 rings (SSSR count). The van der Waals surface area contributed by atoms with Crippen LogP contribution in [0.3, 0.4) is 0 Å². The van der Waals surface area contributed by atoms with E-state index in [1.807, 2.05) is 0 Å². The highest BCUT2D eigenvalue weighted by Crippen LogP contribution is 2.47. The van der Waals surface area contributed by atoms with E-state index in [-0.39, 0.29) is 10.7 Å². The number of rotatable bonds is 7. The summed E-state index contributed by atoms with van der Waals surface area (Å²) in [4.78, 5) is 18.0. The van der Waals surface area contributed by atoms with Crippen molar-refractivity contribution in [1.82, 2.24) is 4.31 Å². The Morgan fingerprint density at radius 1 is 1.26 bits per heavy atom. The molecule has 0 aromatic rings. The van der Waals surface area contributed by atoms with Gasteiger partial charge in [-0.1, -0.05) is 20.3 Å². The Balaban J connectivity index is 5.63. The van der Waals surface area contributed by atoms with Crippen LogP contribution in [0.4, 0.5) is 13.2 Å². The molecule has 0 fully saturated rings. The normalized spacial score (nSPS) is 15.8. The van der Waals surface area contributed by atoms with E-state index in [9.17, 15) is 26.2 Å². The molecule has 116 valence electrons. The van der Waals surface area contributed by atoms with Crippen molar-refractivity contribution < 1.29 is 35.9 Å².